The Bertz CT molecular complexity index is 514. The van der Waals surface area contributed by atoms with Crippen LogP contribution in [0.2, 0.25) is 0 Å². The van der Waals surface area contributed by atoms with Crippen molar-refractivity contribution in [2.24, 2.45) is 5.92 Å². The zero-order valence-corrected chi connectivity index (χ0v) is 11.8. The van der Waals surface area contributed by atoms with Crippen LogP contribution in [0.5, 0.6) is 0 Å². The molecule has 7 nitrogen and oxygen atoms in total. The number of hydrogen-bond acceptors (Lipinski definition) is 5. The van der Waals surface area contributed by atoms with Gasteiger partial charge in [0.1, 0.15) is 5.82 Å². The summed E-state index contributed by atoms with van der Waals surface area (Å²) < 4.78 is 4.23. The maximum absolute atomic E-state index is 11.7. The third-order valence-electron chi connectivity index (χ3n) is 3.50. The average Bonchev–Trinajstić information content (AvgIpc) is 3.18. The summed E-state index contributed by atoms with van der Waals surface area (Å²) in [4.78, 5) is 27.3. The number of aromatic nitrogens is 2. The van der Waals surface area contributed by atoms with E-state index < -0.39 is 0 Å². The summed E-state index contributed by atoms with van der Waals surface area (Å²) in [5, 5.41) is 8.78. The van der Waals surface area contributed by atoms with Crippen LogP contribution in [-0.4, -0.2) is 34.4 Å². The summed E-state index contributed by atoms with van der Waals surface area (Å²) in [5.41, 5.74) is 0. The Labute approximate surface area is 120 Å². The zero-order valence-electron chi connectivity index (χ0n) is 11.0. The van der Waals surface area contributed by atoms with Crippen LogP contribution in [0.4, 0.5) is 9.93 Å². The second-order valence-electron chi connectivity index (χ2n) is 5.28. The number of piperidine rings is 1. The van der Waals surface area contributed by atoms with Gasteiger partial charge in [-0.15, -0.1) is 0 Å². The van der Waals surface area contributed by atoms with Crippen molar-refractivity contribution in [3.63, 3.8) is 0 Å². The smallest absolute Gasteiger partial charge is 0.321 e. The van der Waals surface area contributed by atoms with E-state index in [4.69, 9.17) is 0 Å². The third-order valence-corrected chi connectivity index (χ3v) is 4.15. The molecule has 1 saturated heterocycles. The van der Waals surface area contributed by atoms with Crippen LogP contribution >= 0.6 is 11.5 Å². The number of carbonyl (C=O) groups is 2. The summed E-state index contributed by atoms with van der Waals surface area (Å²) in [6, 6.07) is -0.283. The van der Waals surface area contributed by atoms with Crippen LogP contribution in [0.3, 0.4) is 0 Å². The number of urea groups is 1. The number of rotatable bonds is 4. The molecule has 3 amide bonds. The molecular formula is C12H17N5O2S. The molecule has 1 atom stereocenters. The van der Waals surface area contributed by atoms with Gasteiger partial charge in [-0.1, -0.05) is 0 Å². The Morgan fingerprint density at radius 1 is 1.40 bits per heavy atom. The lowest BCUT2D eigenvalue weighted by Gasteiger charge is -2.22. The summed E-state index contributed by atoms with van der Waals surface area (Å²) in [5.74, 6) is 1.60. The van der Waals surface area contributed by atoms with Crippen molar-refractivity contribution >= 4 is 28.6 Å². The second-order valence-corrected chi connectivity index (χ2v) is 6.03. The predicted molar refractivity (Wildman–Crippen MR) is 74.6 cm³/mol. The van der Waals surface area contributed by atoms with Gasteiger partial charge >= 0.3 is 6.03 Å². The van der Waals surface area contributed by atoms with Crippen molar-refractivity contribution in [3.8, 4) is 0 Å². The zero-order chi connectivity index (χ0) is 13.9. The number of anilines is 1. The molecule has 0 radical (unpaired) electrons. The standard InChI is InChI=1S/C12H17N5O2S/c18-9-5-7(3-4-13-9)6-14-11(19)16-12-15-10(17-20-12)8-1-2-8/h7-8H,1-6H2,(H,13,18)(H2,14,15,16,17,19). The van der Waals surface area contributed by atoms with Gasteiger partial charge in [0, 0.05) is 37.0 Å². The van der Waals surface area contributed by atoms with E-state index >= 15 is 0 Å². The molecule has 1 aromatic rings. The molecule has 2 aliphatic rings. The summed E-state index contributed by atoms with van der Waals surface area (Å²) in [6.07, 6.45) is 3.67. The molecule has 2 heterocycles. The van der Waals surface area contributed by atoms with Gasteiger partial charge in [-0.05, 0) is 25.2 Å². The highest BCUT2D eigenvalue weighted by Gasteiger charge is 2.28. The molecule has 1 saturated carbocycles. The van der Waals surface area contributed by atoms with Crippen molar-refractivity contribution in [1.29, 1.82) is 0 Å². The molecule has 20 heavy (non-hydrogen) atoms. The maximum atomic E-state index is 11.7. The van der Waals surface area contributed by atoms with Crippen LogP contribution in [0.25, 0.3) is 0 Å². The molecule has 0 spiro atoms. The quantitative estimate of drug-likeness (QED) is 0.774. The van der Waals surface area contributed by atoms with Gasteiger partial charge < -0.3 is 10.6 Å². The van der Waals surface area contributed by atoms with E-state index in [0.29, 0.717) is 30.6 Å². The van der Waals surface area contributed by atoms with Crippen LogP contribution in [0.1, 0.15) is 37.4 Å². The lowest BCUT2D eigenvalue weighted by Crippen LogP contribution is -2.40. The second kappa shape index (κ2) is 5.74. The van der Waals surface area contributed by atoms with Crippen molar-refractivity contribution in [2.75, 3.05) is 18.4 Å². The largest absolute Gasteiger partial charge is 0.356 e. The minimum atomic E-state index is -0.283. The fourth-order valence-corrected chi connectivity index (χ4v) is 2.84. The number of amides is 3. The molecule has 108 valence electrons. The van der Waals surface area contributed by atoms with Crippen LogP contribution < -0.4 is 16.0 Å². The Balaban J connectivity index is 1.43. The van der Waals surface area contributed by atoms with Crippen molar-refractivity contribution in [1.82, 2.24) is 20.0 Å². The highest BCUT2D eigenvalue weighted by atomic mass is 32.1. The summed E-state index contributed by atoms with van der Waals surface area (Å²) >= 11 is 1.21. The molecule has 3 rings (SSSR count). The minimum Gasteiger partial charge on any atom is -0.356 e. The minimum absolute atomic E-state index is 0.0571. The fraction of sp³-hybridized carbons (Fsp3) is 0.667. The molecule has 3 N–H and O–H groups in total. The molecule has 1 aliphatic heterocycles. The molecule has 8 heteroatoms. The van der Waals surface area contributed by atoms with Gasteiger partial charge in [0.05, 0.1) is 0 Å². The van der Waals surface area contributed by atoms with E-state index in [1.54, 1.807) is 0 Å². The van der Waals surface area contributed by atoms with Gasteiger partial charge in [0.25, 0.3) is 0 Å². The normalized spacial score (nSPS) is 22.2. The molecule has 0 aromatic carbocycles. The van der Waals surface area contributed by atoms with Gasteiger partial charge in [-0.3, -0.25) is 10.1 Å². The van der Waals surface area contributed by atoms with E-state index in [2.05, 4.69) is 25.3 Å². The Morgan fingerprint density at radius 3 is 3.00 bits per heavy atom. The lowest BCUT2D eigenvalue weighted by atomic mass is 9.98. The Hall–Kier alpha value is -1.70. The first-order chi connectivity index (χ1) is 9.70. The Kier molecular flexibility index (Phi) is 3.81. The molecule has 2 fully saturated rings. The van der Waals surface area contributed by atoms with Gasteiger partial charge in [0.15, 0.2) is 0 Å². The van der Waals surface area contributed by atoms with E-state index in [9.17, 15) is 9.59 Å². The van der Waals surface area contributed by atoms with Gasteiger partial charge in [0.2, 0.25) is 11.0 Å². The van der Waals surface area contributed by atoms with E-state index in [1.165, 1.54) is 11.5 Å². The number of nitrogens with zero attached hydrogens (tertiary/aromatic N) is 2. The maximum Gasteiger partial charge on any atom is 0.321 e. The van der Waals surface area contributed by atoms with E-state index in [0.717, 1.165) is 25.1 Å². The molecule has 1 unspecified atom stereocenters. The van der Waals surface area contributed by atoms with Crippen molar-refractivity contribution in [2.45, 2.75) is 31.6 Å². The van der Waals surface area contributed by atoms with Crippen LogP contribution in [0.15, 0.2) is 0 Å². The SMILES string of the molecule is O=C1CC(CNC(=O)Nc2nc(C3CC3)ns2)CCN1. The van der Waals surface area contributed by atoms with Crippen LogP contribution in [0, 0.1) is 5.92 Å². The first-order valence-corrected chi connectivity index (χ1v) is 7.63. The molecule has 0 bridgehead atoms. The molecular weight excluding hydrogens is 278 g/mol. The third kappa shape index (κ3) is 3.44. The number of nitrogens with one attached hydrogen (secondary N) is 3. The van der Waals surface area contributed by atoms with Crippen LogP contribution in [-0.2, 0) is 4.79 Å². The topological polar surface area (TPSA) is 96.0 Å². The summed E-state index contributed by atoms with van der Waals surface area (Å²) in [7, 11) is 0. The number of carbonyl (C=O) groups excluding carboxylic acids is 2. The highest BCUT2D eigenvalue weighted by molar-refractivity contribution is 7.09. The van der Waals surface area contributed by atoms with E-state index in [1.807, 2.05) is 0 Å². The van der Waals surface area contributed by atoms with E-state index in [-0.39, 0.29) is 17.9 Å². The Morgan fingerprint density at radius 2 is 2.25 bits per heavy atom. The first-order valence-electron chi connectivity index (χ1n) is 6.86. The van der Waals surface area contributed by atoms with Crippen molar-refractivity contribution in [3.05, 3.63) is 5.82 Å². The van der Waals surface area contributed by atoms with Gasteiger partial charge in [-0.2, -0.15) is 4.37 Å². The highest BCUT2D eigenvalue weighted by Crippen LogP contribution is 2.39. The lowest BCUT2D eigenvalue weighted by molar-refractivity contribution is -0.123. The van der Waals surface area contributed by atoms with Crippen molar-refractivity contribution < 1.29 is 9.59 Å². The average molecular weight is 295 g/mol. The molecule has 1 aromatic heterocycles. The monoisotopic (exact) mass is 295 g/mol. The predicted octanol–water partition coefficient (Wildman–Crippen LogP) is 1.06. The first kappa shape index (κ1) is 13.3. The summed E-state index contributed by atoms with van der Waals surface area (Å²) in [6.45, 7) is 1.20. The number of hydrogen-bond donors (Lipinski definition) is 3. The molecule has 1 aliphatic carbocycles. The van der Waals surface area contributed by atoms with Gasteiger partial charge in [-0.25, -0.2) is 9.78 Å². The fourth-order valence-electron chi connectivity index (χ4n) is 2.20.